The van der Waals surface area contributed by atoms with Crippen LogP contribution in [0, 0.1) is 6.92 Å². The molecule has 1 aromatic rings. The Balaban J connectivity index is 2.58. The van der Waals surface area contributed by atoms with Crippen LogP contribution < -0.4 is 0 Å². The molecule has 14 heavy (non-hydrogen) atoms. The van der Waals surface area contributed by atoms with Crippen molar-refractivity contribution in [3.63, 3.8) is 0 Å². The average Bonchev–Trinajstić information content (AvgIpc) is 2.44. The van der Waals surface area contributed by atoms with Gasteiger partial charge in [-0.15, -0.1) is 0 Å². The van der Waals surface area contributed by atoms with Crippen molar-refractivity contribution >= 4 is 5.97 Å². The minimum Gasteiger partial charge on any atom is -0.456 e. The van der Waals surface area contributed by atoms with Crippen molar-refractivity contribution in [2.45, 2.75) is 20.5 Å². The lowest BCUT2D eigenvalue weighted by molar-refractivity contribution is -0.140. The second-order valence-electron chi connectivity index (χ2n) is 3.21. The van der Waals surface area contributed by atoms with Crippen LogP contribution in [0.25, 0.3) is 0 Å². The quantitative estimate of drug-likeness (QED) is 0.539. The molecule has 0 aromatic carbocycles. The molecule has 0 spiro atoms. The van der Waals surface area contributed by atoms with Gasteiger partial charge < -0.3 is 9.30 Å². The number of carbonyl (C=O) groups is 1. The van der Waals surface area contributed by atoms with Gasteiger partial charge in [0.25, 0.3) is 0 Å². The third kappa shape index (κ3) is 2.22. The highest BCUT2D eigenvalue weighted by Crippen LogP contribution is 2.04. The topological polar surface area (TPSA) is 44.1 Å². The highest BCUT2D eigenvalue weighted by molar-refractivity contribution is 5.86. The van der Waals surface area contributed by atoms with Crippen molar-refractivity contribution in [3.8, 4) is 0 Å². The van der Waals surface area contributed by atoms with Crippen LogP contribution in [0.5, 0.6) is 0 Å². The standard InChI is InChI=1S/C10H14N2O2/c1-7(2)10(13)14-6-9-5-11-8(3)12(9)4/h5H,1,6H2,2-4H3. The molecule has 1 rings (SSSR count). The fourth-order valence-corrected chi connectivity index (χ4v) is 0.946. The molecule has 0 fully saturated rings. The minimum absolute atomic E-state index is 0.239. The lowest BCUT2D eigenvalue weighted by atomic mass is 10.4. The first kappa shape index (κ1) is 10.5. The van der Waals surface area contributed by atoms with Crippen molar-refractivity contribution in [2.75, 3.05) is 0 Å². The van der Waals surface area contributed by atoms with E-state index in [1.165, 1.54) is 0 Å². The zero-order chi connectivity index (χ0) is 10.7. The zero-order valence-electron chi connectivity index (χ0n) is 8.70. The molecular weight excluding hydrogens is 180 g/mol. The average molecular weight is 194 g/mol. The largest absolute Gasteiger partial charge is 0.456 e. The van der Waals surface area contributed by atoms with Crippen LogP contribution in [-0.4, -0.2) is 15.5 Å². The van der Waals surface area contributed by atoms with Crippen LogP contribution in [0.15, 0.2) is 18.3 Å². The van der Waals surface area contributed by atoms with Crippen molar-refractivity contribution < 1.29 is 9.53 Å². The molecule has 0 bridgehead atoms. The summed E-state index contributed by atoms with van der Waals surface area (Å²) in [6, 6.07) is 0. The third-order valence-electron chi connectivity index (χ3n) is 2.02. The van der Waals surface area contributed by atoms with Gasteiger partial charge in [0.2, 0.25) is 0 Å². The molecule has 76 valence electrons. The fourth-order valence-electron chi connectivity index (χ4n) is 0.946. The molecule has 4 nitrogen and oxygen atoms in total. The number of hydrogen-bond donors (Lipinski definition) is 0. The van der Waals surface area contributed by atoms with Gasteiger partial charge in [-0.05, 0) is 13.8 Å². The second kappa shape index (κ2) is 4.09. The first-order chi connectivity index (χ1) is 6.52. The van der Waals surface area contributed by atoms with E-state index in [1.54, 1.807) is 13.1 Å². The Morgan fingerprint density at radius 1 is 1.71 bits per heavy atom. The summed E-state index contributed by atoms with van der Waals surface area (Å²) in [7, 11) is 1.88. The maximum absolute atomic E-state index is 11.1. The van der Waals surface area contributed by atoms with Crippen LogP contribution in [0.3, 0.4) is 0 Å². The van der Waals surface area contributed by atoms with Gasteiger partial charge >= 0.3 is 5.97 Å². The summed E-state index contributed by atoms with van der Waals surface area (Å²) in [5.41, 5.74) is 1.28. The maximum atomic E-state index is 11.1. The molecular formula is C10H14N2O2. The molecule has 0 unspecified atom stereocenters. The number of imidazole rings is 1. The van der Waals surface area contributed by atoms with E-state index in [4.69, 9.17) is 4.74 Å². The van der Waals surface area contributed by atoms with E-state index in [0.29, 0.717) is 5.57 Å². The van der Waals surface area contributed by atoms with E-state index < -0.39 is 0 Å². The SMILES string of the molecule is C=C(C)C(=O)OCc1cnc(C)n1C. The molecule has 0 atom stereocenters. The van der Waals surface area contributed by atoms with Gasteiger partial charge in [-0.25, -0.2) is 9.78 Å². The van der Waals surface area contributed by atoms with Crippen molar-refractivity contribution in [1.82, 2.24) is 9.55 Å². The van der Waals surface area contributed by atoms with Crippen LogP contribution >= 0.6 is 0 Å². The van der Waals surface area contributed by atoms with Gasteiger partial charge in [0.1, 0.15) is 12.4 Å². The highest BCUT2D eigenvalue weighted by Gasteiger charge is 2.06. The monoisotopic (exact) mass is 194 g/mol. The summed E-state index contributed by atoms with van der Waals surface area (Å²) in [5, 5.41) is 0. The number of aromatic nitrogens is 2. The molecule has 0 aliphatic heterocycles. The lowest BCUT2D eigenvalue weighted by Gasteiger charge is -2.05. The Kier molecular flexibility index (Phi) is 3.06. The fraction of sp³-hybridized carbons (Fsp3) is 0.400. The van der Waals surface area contributed by atoms with Crippen LogP contribution in [0.2, 0.25) is 0 Å². The number of ether oxygens (including phenoxy) is 1. The molecule has 0 saturated heterocycles. The minimum atomic E-state index is -0.371. The first-order valence-corrected chi connectivity index (χ1v) is 4.32. The van der Waals surface area contributed by atoms with Crippen molar-refractivity contribution in [1.29, 1.82) is 0 Å². The molecule has 0 aliphatic carbocycles. The number of hydrogen-bond acceptors (Lipinski definition) is 3. The summed E-state index contributed by atoms with van der Waals surface area (Å²) >= 11 is 0. The van der Waals surface area contributed by atoms with E-state index >= 15 is 0 Å². The summed E-state index contributed by atoms with van der Waals surface area (Å²) in [6.07, 6.45) is 1.70. The van der Waals surface area contributed by atoms with Gasteiger partial charge in [0.05, 0.1) is 11.9 Å². The molecule has 0 saturated carbocycles. The summed E-state index contributed by atoms with van der Waals surface area (Å²) in [4.78, 5) is 15.2. The Hall–Kier alpha value is -1.58. The van der Waals surface area contributed by atoms with E-state index in [1.807, 2.05) is 18.5 Å². The molecule has 0 N–H and O–H groups in total. The van der Waals surface area contributed by atoms with Crippen molar-refractivity contribution in [2.24, 2.45) is 7.05 Å². The molecule has 0 amide bonds. The number of aryl methyl sites for hydroxylation is 1. The van der Waals surface area contributed by atoms with Gasteiger partial charge in [-0.3, -0.25) is 0 Å². The summed E-state index contributed by atoms with van der Waals surface area (Å²) < 4.78 is 6.87. The zero-order valence-corrected chi connectivity index (χ0v) is 8.70. The third-order valence-corrected chi connectivity index (χ3v) is 2.02. The Labute approximate surface area is 83.2 Å². The van der Waals surface area contributed by atoms with E-state index in [-0.39, 0.29) is 12.6 Å². The molecule has 1 aromatic heterocycles. The van der Waals surface area contributed by atoms with Gasteiger partial charge in [0, 0.05) is 12.6 Å². The molecule has 0 radical (unpaired) electrons. The number of esters is 1. The van der Waals surface area contributed by atoms with Gasteiger partial charge in [-0.1, -0.05) is 6.58 Å². The van der Waals surface area contributed by atoms with Crippen molar-refractivity contribution in [3.05, 3.63) is 29.9 Å². The number of nitrogens with zero attached hydrogens (tertiary/aromatic N) is 2. The maximum Gasteiger partial charge on any atom is 0.333 e. The van der Waals surface area contributed by atoms with E-state index in [9.17, 15) is 4.79 Å². The first-order valence-electron chi connectivity index (χ1n) is 4.32. The van der Waals surface area contributed by atoms with Crippen LogP contribution in [0.4, 0.5) is 0 Å². The smallest absolute Gasteiger partial charge is 0.333 e. The molecule has 1 heterocycles. The summed E-state index contributed by atoms with van der Waals surface area (Å²) in [6.45, 7) is 7.25. The van der Waals surface area contributed by atoms with Crippen LogP contribution in [0.1, 0.15) is 18.4 Å². The normalized spacial score (nSPS) is 9.93. The van der Waals surface area contributed by atoms with Gasteiger partial charge in [-0.2, -0.15) is 0 Å². The Morgan fingerprint density at radius 3 is 2.79 bits per heavy atom. The molecule has 0 aliphatic rings. The number of carbonyl (C=O) groups excluding carboxylic acids is 1. The van der Waals surface area contributed by atoms with Crippen LogP contribution in [-0.2, 0) is 23.2 Å². The van der Waals surface area contributed by atoms with Gasteiger partial charge in [0.15, 0.2) is 0 Å². The Morgan fingerprint density at radius 2 is 2.36 bits per heavy atom. The Bertz CT molecular complexity index is 366. The predicted molar refractivity (Wildman–Crippen MR) is 52.6 cm³/mol. The lowest BCUT2D eigenvalue weighted by Crippen LogP contribution is -2.07. The van der Waals surface area contributed by atoms with E-state index in [2.05, 4.69) is 11.6 Å². The molecule has 4 heteroatoms. The second-order valence-corrected chi connectivity index (χ2v) is 3.21. The van der Waals surface area contributed by atoms with E-state index in [0.717, 1.165) is 11.5 Å². The number of rotatable bonds is 3. The summed E-state index contributed by atoms with van der Waals surface area (Å²) in [5.74, 6) is 0.523. The predicted octanol–water partition coefficient (Wildman–Crippen LogP) is 1.35. The highest BCUT2D eigenvalue weighted by atomic mass is 16.5.